The van der Waals surface area contributed by atoms with Gasteiger partial charge in [-0.3, -0.25) is 9.59 Å². The molecule has 0 spiro atoms. The van der Waals surface area contributed by atoms with Gasteiger partial charge in [0, 0.05) is 38.2 Å². The molecule has 0 bridgehead atoms. The van der Waals surface area contributed by atoms with Crippen LogP contribution in [0.25, 0.3) is 0 Å². The zero-order valence-electron chi connectivity index (χ0n) is 17.9. The van der Waals surface area contributed by atoms with Crippen LogP contribution in [0.4, 0.5) is 20.6 Å². The number of amides is 2. The summed E-state index contributed by atoms with van der Waals surface area (Å²) in [5.74, 6) is -1.14. The van der Waals surface area contributed by atoms with E-state index in [-0.39, 0.29) is 36.3 Å². The average Bonchev–Trinajstić information content (AvgIpc) is 3.53. The predicted molar refractivity (Wildman–Crippen MR) is 115 cm³/mol. The van der Waals surface area contributed by atoms with Gasteiger partial charge in [-0.05, 0) is 12.5 Å². The smallest absolute Gasteiger partial charge is 0.456 e. The molecule has 33 heavy (non-hydrogen) atoms. The van der Waals surface area contributed by atoms with Crippen molar-refractivity contribution >= 4 is 41.1 Å². The number of esters is 1. The van der Waals surface area contributed by atoms with E-state index in [1.54, 1.807) is 12.1 Å². The van der Waals surface area contributed by atoms with Crippen LogP contribution in [0, 0.1) is 5.82 Å². The molecule has 13 heteroatoms. The van der Waals surface area contributed by atoms with E-state index in [1.807, 2.05) is 4.90 Å². The average molecular weight is 480 g/mol. The minimum atomic E-state index is -0.531. The largest absolute Gasteiger partial charge is 0.524 e. The van der Waals surface area contributed by atoms with Crippen LogP contribution in [0.1, 0.15) is 13.3 Å². The van der Waals surface area contributed by atoms with E-state index in [1.165, 1.54) is 19.2 Å². The number of aromatic nitrogens is 2. The summed E-state index contributed by atoms with van der Waals surface area (Å²) >= 11 is 0.982. The molecule has 2 aliphatic heterocycles. The van der Waals surface area contributed by atoms with Crippen LogP contribution in [0.15, 0.2) is 24.4 Å². The molecule has 2 amide bonds. The van der Waals surface area contributed by atoms with E-state index in [9.17, 15) is 14.4 Å². The minimum Gasteiger partial charge on any atom is -0.456 e. The number of ether oxygens (including phenoxy) is 3. The fraction of sp³-hybridized carbons (Fsp3) is 0.450. The van der Waals surface area contributed by atoms with Gasteiger partial charge in [0.25, 0.3) is 5.91 Å². The van der Waals surface area contributed by atoms with Crippen molar-refractivity contribution in [3.63, 3.8) is 0 Å². The Bertz CT molecular complexity index is 1040. The minimum absolute atomic E-state index is 0.0941. The Kier molecular flexibility index (Phi) is 6.70. The van der Waals surface area contributed by atoms with E-state index in [4.69, 9.17) is 9.47 Å². The van der Waals surface area contributed by atoms with Gasteiger partial charge in [-0.25, -0.2) is 4.39 Å². The SMILES string of the molecule is CC(=O)OCC(=O)N[C@H]1CCN(c2ccc([N+]3(COc4cnsn4)CCOC3=O)cc2F)C1. The van der Waals surface area contributed by atoms with Crippen LogP contribution in [-0.2, 0) is 19.1 Å². The van der Waals surface area contributed by atoms with Crippen LogP contribution < -0.4 is 19.4 Å². The Balaban J connectivity index is 1.44. The molecule has 1 aromatic heterocycles. The molecule has 1 N–H and O–H groups in total. The van der Waals surface area contributed by atoms with E-state index >= 15 is 4.39 Å². The second-order valence-electron chi connectivity index (χ2n) is 7.74. The predicted octanol–water partition coefficient (Wildman–Crippen LogP) is 1.43. The summed E-state index contributed by atoms with van der Waals surface area (Å²) < 4.78 is 38.1. The molecule has 2 fully saturated rings. The maximum absolute atomic E-state index is 15.2. The van der Waals surface area contributed by atoms with Crippen molar-refractivity contribution in [2.24, 2.45) is 0 Å². The molecule has 2 aromatic rings. The Labute approximate surface area is 192 Å². The topological polar surface area (TPSA) is 120 Å². The van der Waals surface area contributed by atoms with Crippen molar-refractivity contribution in [3.8, 4) is 5.88 Å². The van der Waals surface area contributed by atoms with E-state index in [2.05, 4.69) is 18.8 Å². The van der Waals surface area contributed by atoms with Crippen molar-refractivity contribution in [2.45, 2.75) is 19.4 Å². The number of halogens is 1. The lowest BCUT2D eigenvalue weighted by atomic mass is 10.2. The molecular weight excluding hydrogens is 457 g/mol. The number of nitrogens with zero attached hydrogens (tertiary/aromatic N) is 4. The zero-order valence-corrected chi connectivity index (χ0v) is 18.7. The molecule has 4 rings (SSSR count). The lowest BCUT2D eigenvalue weighted by Crippen LogP contribution is -2.52. The van der Waals surface area contributed by atoms with Gasteiger partial charge in [0.2, 0.25) is 12.6 Å². The fourth-order valence-corrected chi connectivity index (χ4v) is 4.24. The summed E-state index contributed by atoms with van der Waals surface area (Å²) in [4.78, 5) is 37.1. The Morgan fingerprint density at radius 1 is 1.42 bits per heavy atom. The first-order valence-corrected chi connectivity index (χ1v) is 11.0. The molecule has 176 valence electrons. The van der Waals surface area contributed by atoms with Gasteiger partial charge in [0.15, 0.2) is 12.4 Å². The lowest BCUT2D eigenvalue weighted by molar-refractivity contribution is -0.146. The number of rotatable bonds is 8. The maximum Gasteiger partial charge on any atom is 0.524 e. The number of nitrogens with one attached hydrogen (secondary N) is 1. The van der Waals surface area contributed by atoms with E-state index in [0.29, 0.717) is 37.4 Å². The number of hydrogen-bond donors (Lipinski definition) is 1. The quantitative estimate of drug-likeness (QED) is 0.442. The number of hydrogen-bond acceptors (Lipinski definition) is 10. The number of benzene rings is 1. The van der Waals surface area contributed by atoms with Gasteiger partial charge in [0.1, 0.15) is 25.0 Å². The third-order valence-electron chi connectivity index (χ3n) is 5.55. The standard InChI is InChI=1S/C20H22FN5O6S/c1-13(27)31-11-18(28)23-14-4-5-25(10-14)17-3-2-15(8-16(17)21)26(6-7-30-20(26)29)12-32-19-9-22-33-24-19/h2-3,8-9,14H,4-7,10-12H2,1H3/p+1/t14-,26?/m0/s1. The molecule has 0 saturated carbocycles. The molecule has 3 heterocycles. The first-order valence-electron chi connectivity index (χ1n) is 10.3. The van der Waals surface area contributed by atoms with Crippen molar-refractivity contribution in [1.29, 1.82) is 0 Å². The van der Waals surface area contributed by atoms with Gasteiger partial charge in [-0.15, -0.1) is 4.37 Å². The number of anilines is 1. The van der Waals surface area contributed by atoms with Crippen molar-refractivity contribution in [1.82, 2.24) is 18.5 Å². The zero-order chi connectivity index (χ0) is 23.4. The van der Waals surface area contributed by atoms with E-state index < -0.39 is 23.8 Å². The van der Waals surface area contributed by atoms with Crippen LogP contribution >= 0.6 is 11.7 Å². The summed E-state index contributed by atoms with van der Waals surface area (Å²) in [6.07, 6.45) is 1.54. The van der Waals surface area contributed by atoms with Crippen LogP contribution in [0.3, 0.4) is 0 Å². The number of cyclic esters (lactones) is 1. The number of carbonyl (C=O) groups excluding carboxylic acids is 3. The van der Waals surface area contributed by atoms with Crippen LogP contribution in [0.5, 0.6) is 5.88 Å². The van der Waals surface area contributed by atoms with Crippen molar-refractivity contribution < 1.29 is 33.0 Å². The molecule has 1 unspecified atom stereocenters. The fourth-order valence-electron chi connectivity index (χ4n) is 3.88. The summed E-state index contributed by atoms with van der Waals surface area (Å²) in [6, 6.07) is 4.42. The molecule has 0 radical (unpaired) electrons. The summed E-state index contributed by atoms with van der Waals surface area (Å²) in [5.41, 5.74) is 0.776. The number of quaternary nitrogens is 1. The van der Waals surface area contributed by atoms with Gasteiger partial charge < -0.3 is 24.4 Å². The first-order chi connectivity index (χ1) is 15.9. The highest BCUT2D eigenvalue weighted by Crippen LogP contribution is 2.33. The normalized spacial score (nSPS) is 22.2. The monoisotopic (exact) mass is 480 g/mol. The molecular formula is C20H23FN5O6S+. The Hall–Kier alpha value is -3.32. The molecule has 0 aliphatic carbocycles. The molecule has 2 saturated heterocycles. The van der Waals surface area contributed by atoms with Gasteiger partial charge in [0.05, 0.1) is 17.4 Å². The second-order valence-corrected chi connectivity index (χ2v) is 8.30. The number of carbonyl (C=O) groups is 3. The molecule has 2 aliphatic rings. The summed E-state index contributed by atoms with van der Waals surface area (Å²) in [5, 5.41) is 2.78. The van der Waals surface area contributed by atoms with Gasteiger partial charge in [-0.1, -0.05) is 0 Å². The summed E-state index contributed by atoms with van der Waals surface area (Å²) in [6.45, 7) is 2.23. The van der Waals surface area contributed by atoms with E-state index in [0.717, 1.165) is 11.7 Å². The first kappa shape index (κ1) is 22.9. The molecule has 2 atom stereocenters. The van der Waals surface area contributed by atoms with Gasteiger partial charge in [-0.2, -0.15) is 13.7 Å². The highest BCUT2D eigenvalue weighted by atomic mass is 32.1. The molecule has 11 nitrogen and oxygen atoms in total. The van der Waals surface area contributed by atoms with Crippen LogP contribution in [-0.4, -0.2) is 72.3 Å². The Morgan fingerprint density at radius 2 is 2.27 bits per heavy atom. The highest BCUT2D eigenvalue weighted by Gasteiger charge is 2.48. The highest BCUT2D eigenvalue weighted by molar-refractivity contribution is 6.99. The van der Waals surface area contributed by atoms with Crippen molar-refractivity contribution in [3.05, 3.63) is 30.2 Å². The van der Waals surface area contributed by atoms with Gasteiger partial charge >= 0.3 is 12.1 Å². The second kappa shape index (κ2) is 9.67. The maximum atomic E-state index is 15.2. The Morgan fingerprint density at radius 3 is 2.94 bits per heavy atom. The third-order valence-corrected chi connectivity index (χ3v) is 6.01. The lowest BCUT2D eigenvalue weighted by Gasteiger charge is -2.27. The van der Waals surface area contributed by atoms with Crippen LogP contribution in [0.2, 0.25) is 0 Å². The third kappa shape index (κ3) is 5.03. The van der Waals surface area contributed by atoms with Crippen molar-refractivity contribution in [2.75, 3.05) is 44.5 Å². The molecule has 1 aromatic carbocycles. The summed E-state index contributed by atoms with van der Waals surface area (Å²) in [7, 11) is 0.